The first-order valence-corrected chi connectivity index (χ1v) is 16.6. The number of rotatable bonds is 9. The number of carboxylic acid groups (broad SMARTS) is 1. The molecule has 0 bridgehead atoms. The smallest absolute Gasteiger partial charge is 0.327 e. The Labute approximate surface area is 252 Å². The standard InChI is InChI=1S/C28H24Cl2N2O8S2/c1-41(36,37)20-4-2-3-17(11-20)12-24(28(34)35)32(16-33)27-23(29)13-19-15-31(9-7-22(19)26(27)30)42(38,39)21-6-5-18-8-10-40-25(18)14-21/h2-6,8,10-11,13-14,16,24H,7,9,12,15H2,1H3,(H,34,35)/t24-/m0/s1. The van der Waals surface area contributed by atoms with Crippen LogP contribution in [0.25, 0.3) is 11.0 Å². The Balaban J connectivity index is 1.47. The number of halogens is 2. The van der Waals surface area contributed by atoms with E-state index < -0.39 is 31.9 Å². The molecule has 0 saturated heterocycles. The molecule has 14 heteroatoms. The van der Waals surface area contributed by atoms with Gasteiger partial charge in [-0.15, -0.1) is 0 Å². The fraction of sp³-hybridized carbons (Fsp3) is 0.214. The van der Waals surface area contributed by atoms with Crippen molar-refractivity contribution in [1.82, 2.24) is 4.31 Å². The van der Waals surface area contributed by atoms with Gasteiger partial charge in [-0.3, -0.25) is 9.69 Å². The third-order valence-electron chi connectivity index (χ3n) is 7.16. The highest BCUT2D eigenvalue weighted by atomic mass is 35.5. The Kier molecular flexibility index (Phi) is 8.12. The quantitative estimate of drug-likeness (QED) is 0.260. The molecule has 1 N–H and O–H groups in total. The highest BCUT2D eigenvalue weighted by Gasteiger charge is 2.34. The third kappa shape index (κ3) is 5.64. The second kappa shape index (κ2) is 11.3. The zero-order valence-electron chi connectivity index (χ0n) is 22.0. The average Bonchev–Trinajstić information content (AvgIpc) is 3.42. The molecule has 0 aliphatic carbocycles. The van der Waals surface area contributed by atoms with Gasteiger partial charge in [0.1, 0.15) is 11.6 Å². The number of benzene rings is 3. The van der Waals surface area contributed by atoms with E-state index in [4.69, 9.17) is 27.6 Å². The summed E-state index contributed by atoms with van der Waals surface area (Å²) in [5.41, 5.74) is 1.84. The highest BCUT2D eigenvalue weighted by molar-refractivity contribution is 7.90. The molecular formula is C28H24Cl2N2O8S2. The molecular weight excluding hydrogens is 627 g/mol. The number of hydrogen-bond acceptors (Lipinski definition) is 7. The number of carbonyl (C=O) groups excluding carboxylic acids is 1. The monoisotopic (exact) mass is 650 g/mol. The first-order chi connectivity index (χ1) is 19.8. The number of carboxylic acids is 1. The van der Waals surface area contributed by atoms with Crippen LogP contribution in [0.3, 0.4) is 0 Å². The molecule has 0 radical (unpaired) electrons. The molecule has 220 valence electrons. The van der Waals surface area contributed by atoms with Crippen LogP contribution in [0.5, 0.6) is 0 Å². The predicted molar refractivity (Wildman–Crippen MR) is 157 cm³/mol. The van der Waals surface area contributed by atoms with Crippen molar-refractivity contribution in [2.75, 3.05) is 17.7 Å². The average molecular weight is 652 g/mol. The van der Waals surface area contributed by atoms with Gasteiger partial charge in [0.05, 0.1) is 31.8 Å². The first-order valence-electron chi connectivity index (χ1n) is 12.5. The minimum Gasteiger partial charge on any atom is -0.480 e. The van der Waals surface area contributed by atoms with E-state index in [0.29, 0.717) is 28.7 Å². The highest BCUT2D eigenvalue weighted by Crippen LogP contribution is 2.42. The van der Waals surface area contributed by atoms with E-state index in [1.54, 1.807) is 18.2 Å². The molecule has 10 nitrogen and oxygen atoms in total. The fourth-order valence-electron chi connectivity index (χ4n) is 5.01. The summed E-state index contributed by atoms with van der Waals surface area (Å²) in [5, 5.41) is 10.8. The maximum atomic E-state index is 13.4. The maximum Gasteiger partial charge on any atom is 0.327 e. The van der Waals surface area contributed by atoms with E-state index in [9.17, 15) is 31.5 Å². The molecule has 0 spiro atoms. The topological polar surface area (TPSA) is 142 Å². The normalized spacial score (nSPS) is 14.8. The van der Waals surface area contributed by atoms with Crippen molar-refractivity contribution in [3.63, 3.8) is 0 Å². The lowest BCUT2D eigenvalue weighted by molar-refractivity contribution is -0.139. The summed E-state index contributed by atoms with van der Waals surface area (Å²) < 4.78 is 57.5. The van der Waals surface area contributed by atoms with E-state index in [0.717, 1.165) is 16.5 Å². The van der Waals surface area contributed by atoms with Crippen LogP contribution in [0.2, 0.25) is 10.0 Å². The molecule has 0 unspecified atom stereocenters. The van der Waals surface area contributed by atoms with Crippen LogP contribution in [-0.2, 0) is 48.8 Å². The number of furan rings is 1. The summed E-state index contributed by atoms with van der Waals surface area (Å²) >= 11 is 13.3. The van der Waals surface area contributed by atoms with Gasteiger partial charge in [0.2, 0.25) is 16.4 Å². The molecule has 0 fully saturated rings. The van der Waals surface area contributed by atoms with Crippen LogP contribution in [-0.4, -0.2) is 57.5 Å². The number of nitrogens with zero attached hydrogens (tertiary/aromatic N) is 2. The molecule has 5 rings (SSSR count). The van der Waals surface area contributed by atoms with Crippen LogP contribution in [0.1, 0.15) is 16.7 Å². The summed E-state index contributed by atoms with van der Waals surface area (Å²) in [6.07, 6.45) is 2.77. The number of sulfonamides is 1. The molecule has 1 aliphatic rings. The van der Waals surface area contributed by atoms with Crippen molar-refractivity contribution in [1.29, 1.82) is 0 Å². The molecule has 1 amide bonds. The molecule has 4 aromatic rings. The summed E-state index contributed by atoms with van der Waals surface area (Å²) in [7, 11) is -7.45. The maximum absolute atomic E-state index is 13.4. The van der Waals surface area contributed by atoms with E-state index in [2.05, 4.69) is 0 Å². The van der Waals surface area contributed by atoms with Crippen LogP contribution >= 0.6 is 23.2 Å². The van der Waals surface area contributed by atoms with Crippen LogP contribution < -0.4 is 4.90 Å². The van der Waals surface area contributed by atoms with E-state index in [-0.39, 0.29) is 51.5 Å². The third-order valence-corrected chi connectivity index (χ3v) is 10.8. The largest absolute Gasteiger partial charge is 0.480 e. The number of sulfone groups is 1. The molecule has 3 aromatic carbocycles. The van der Waals surface area contributed by atoms with Crippen molar-refractivity contribution in [3.05, 3.63) is 87.6 Å². The number of anilines is 1. The number of hydrogen-bond donors (Lipinski definition) is 1. The van der Waals surface area contributed by atoms with Gasteiger partial charge in [-0.25, -0.2) is 21.6 Å². The van der Waals surface area contributed by atoms with E-state index in [1.807, 2.05) is 0 Å². The van der Waals surface area contributed by atoms with Gasteiger partial charge in [-0.2, -0.15) is 4.31 Å². The molecule has 42 heavy (non-hydrogen) atoms. The molecule has 0 saturated carbocycles. The van der Waals surface area contributed by atoms with Crippen LogP contribution in [0.4, 0.5) is 5.69 Å². The molecule has 1 atom stereocenters. The van der Waals surface area contributed by atoms with E-state index in [1.165, 1.54) is 47.0 Å². The number of carbonyl (C=O) groups is 2. The van der Waals surface area contributed by atoms with Crippen LogP contribution in [0.15, 0.2) is 75.1 Å². The van der Waals surface area contributed by atoms with Crippen molar-refractivity contribution < 1.29 is 35.9 Å². The van der Waals surface area contributed by atoms with Crippen molar-refractivity contribution >= 4 is 72.1 Å². The summed E-state index contributed by atoms with van der Waals surface area (Å²) in [6.45, 7) is 0.0311. The molecule has 1 aliphatic heterocycles. The molecule has 1 aromatic heterocycles. The molecule has 2 heterocycles. The second-order valence-corrected chi connectivity index (χ2v) is 14.6. The minimum atomic E-state index is -3.90. The zero-order chi connectivity index (χ0) is 30.4. The summed E-state index contributed by atoms with van der Waals surface area (Å²) in [4.78, 5) is 25.6. The Morgan fingerprint density at radius 2 is 1.86 bits per heavy atom. The second-order valence-electron chi connectivity index (χ2n) is 9.86. The Morgan fingerprint density at radius 3 is 2.55 bits per heavy atom. The predicted octanol–water partition coefficient (Wildman–Crippen LogP) is 4.55. The van der Waals surface area contributed by atoms with Crippen LogP contribution in [0, 0.1) is 0 Å². The summed E-state index contributed by atoms with van der Waals surface area (Å²) in [5.74, 6) is -1.36. The summed E-state index contributed by atoms with van der Waals surface area (Å²) in [6, 6.07) is 12.2. The Hall–Kier alpha value is -3.42. The lowest BCUT2D eigenvalue weighted by Gasteiger charge is -2.32. The lowest BCUT2D eigenvalue weighted by atomic mass is 9.98. The van der Waals surface area contributed by atoms with Gasteiger partial charge in [0, 0.05) is 37.2 Å². The van der Waals surface area contributed by atoms with Gasteiger partial charge in [-0.1, -0.05) is 35.3 Å². The van der Waals surface area contributed by atoms with Gasteiger partial charge >= 0.3 is 5.97 Å². The number of amides is 1. The Bertz CT molecular complexity index is 1940. The van der Waals surface area contributed by atoms with Gasteiger partial charge in [-0.05, 0) is 59.5 Å². The van der Waals surface area contributed by atoms with Gasteiger partial charge in [0.25, 0.3) is 0 Å². The lowest BCUT2D eigenvalue weighted by Crippen LogP contribution is -2.43. The van der Waals surface area contributed by atoms with Crippen molar-refractivity contribution in [2.45, 2.75) is 35.2 Å². The van der Waals surface area contributed by atoms with Crippen molar-refractivity contribution in [2.24, 2.45) is 0 Å². The SMILES string of the molecule is CS(=O)(=O)c1cccc(C[C@@H](C(=O)O)N(C=O)c2c(Cl)cc3c(c2Cl)CCN(S(=O)(=O)c2ccc4ccoc4c2)C3)c1. The number of aliphatic carboxylic acids is 1. The Morgan fingerprint density at radius 1 is 1.10 bits per heavy atom. The zero-order valence-corrected chi connectivity index (χ0v) is 25.2. The van der Waals surface area contributed by atoms with Gasteiger partial charge < -0.3 is 9.52 Å². The fourth-order valence-corrected chi connectivity index (χ4v) is 7.93. The van der Waals surface area contributed by atoms with Crippen molar-refractivity contribution in [3.8, 4) is 0 Å². The van der Waals surface area contributed by atoms with Gasteiger partial charge in [0.15, 0.2) is 9.84 Å². The minimum absolute atomic E-state index is 0.00947. The first kappa shape index (κ1) is 30.1. The van der Waals surface area contributed by atoms with E-state index >= 15 is 0 Å². The number of fused-ring (bicyclic) bond motifs is 2.